The molecule has 5 aromatic rings. The Labute approximate surface area is 879 Å². The molecular weight excluding hydrogens is 1860 g/mol. The van der Waals surface area contributed by atoms with Crippen molar-refractivity contribution in [2.24, 2.45) is 175 Å². The number of allylic oxidation sites excluding steroid dienone is 10. The highest BCUT2D eigenvalue weighted by atomic mass is 35.5. The zero-order valence-corrected chi connectivity index (χ0v) is 90.3. The first kappa shape index (κ1) is 105. The van der Waals surface area contributed by atoms with Crippen LogP contribution in [0, 0.1) is 186 Å². The van der Waals surface area contributed by atoms with Crippen LogP contribution in [0.15, 0.2) is 194 Å². The van der Waals surface area contributed by atoms with Gasteiger partial charge in [0.2, 0.25) is 0 Å². The highest BCUT2D eigenvalue weighted by Gasteiger charge is 2.65. The summed E-state index contributed by atoms with van der Waals surface area (Å²) in [4.78, 5) is 13.7. The van der Waals surface area contributed by atoms with Crippen LogP contribution in [0.4, 0.5) is 13.2 Å². The van der Waals surface area contributed by atoms with Crippen LogP contribution in [0.1, 0.15) is 298 Å². The minimum absolute atomic E-state index is 0.171. The first-order chi connectivity index (χ1) is 70.5. The SMILES string of the molecule is C=C(Cn1ccnc1)[C@H]1CC[C@H]2[C@@H]3CC=C4C[C@@](O)(C#CCl)CC[C@@H]4[C@H]3CC[C@]12C.C=C(Cn1ccnc1)[C@H]1CC[C@H]2[C@@H]3CC=C4C[C@@](O)(C(F)F)CC[C@@H]4[C@H]3CC[C@]12C.C=C(Cn1nccn1)[C@H]1CC[C@H]2[C@@H]3CC=C4C[C@@](O)(CF)CC[C@@H]4[C@H]3CC[C@]12C.C=C(Cn1nccn1)[C@H]1CC[C@H]2[C@@H]3CC=C4C[C@@](O)(COC)CC[C@@H]4[C@H]3CC[C@]12C.C=C(Cn1nccn1)[C@H]1CC[C@H]2[C@@H]3CC=C4C[C@](C)(O)CC[C@@H]4[C@H]3CC[C@]12C. The summed E-state index contributed by atoms with van der Waals surface area (Å²) in [5.74, 6) is 20.2. The van der Waals surface area contributed by atoms with Crippen LogP contribution in [0.5, 0.6) is 0 Å². The van der Waals surface area contributed by atoms with E-state index in [9.17, 15) is 38.7 Å². The molecule has 20 aliphatic carbocycles. The quantitative estimate of drug-likeness (QED) is 0.0382. The molecule has 0 aliphatic heterocycles. The Morgan fingerprint density at radius 3 is 0.986 bits per heavy atom. The standard InChI is InChI=1S/C26H33ClN2O.C25H34F2N2O.C25H37N3O2.C24H34FN3O.C24H35N3O/c1-18(16-29-14-13-28-17-29)23-5-6-24-22-4-3-19-15-26(30,11-12-27)10-8-20(19)21(22)7-9-25(23,24)2;1-16(14-29-12-11-28-15-29)21-5-6-22-20-4-3-17-13-25(30,23(26)27)10-8-18(17)19(20)7-9-24(21,22)2;1-17(15-28-26-12-13-27-28)22-6-7-23-21-5-4-18-14-25(29,16-30-3)11-9-19(18)20(21)8-10-24(22,23)2;1-16(14-28-26-11-12-27-28)21-5-6-22-20-4-3-17-13-24(29,15-25)10-8-18(17)19(20)7-9-23(21,22)2;1-16(15-27-25-12-13-26-27)21-6-7-22-20-5-4-17-14-23(2,28)10-8-18(17)19(20)9-11-24(21,22)3/h3,13-14,17,20-24,30H,1,4-10,15-16H2,2H3;3,11-12,15,18-23,30H,1,4-10,13-14H2,2H3;4,12-13,19-23,29H,1,5-11,14-16H2,2-3H3;3,11-12,18-22,29H,1,4-10,13-15H2,2H3;4,12-13,18-22,28H,1,5-11,14-15H2,2-3H3/t20-,21+,22+,23+,24-,25+,26-;18-,19+,20+,21+,22-,24+,25+;19-,20+,21+,22+,23-,24+,25+;2*18-,19+,20+,21+,22-,23+,24+/m00000/s1. The molecule has 0 spiro atoms. The van der Waals surface area contributed by atoms with E-state index in [1.54, 1.807) is 64.3 Å². The van der Waals surface area contributed by atoms with Gasteiger partial charge in [-0.25, -0.2) is 23.1 Å². The number of aromatic nitrogens is 13. The molecule has 0 saturated heterocycles. The fourth-order valence-corrected chi connectivity index (χ4v) is 39.5. The van der Waals surface area contributed by atoms with Gasteiger partial charge in [-0.1, -0.05) is 160 Å². The van der Waals surface area contributed by atoms with Gasteiger partial charge in [0, 0.05) is 63.2 Å². The maximum absolute atomic E-state index is 13.4. The van der Waals surface area contributed by atoms with Gasteiger partial charge in [0.05, 0.1) is 92.9 Å². The molecule has 35 atom stereocenters. The van der Waals surface area contributed by atoms with E-state index in [0.29, 0.717) is 130 Å². The highest BCUT2D eigenvalue weighted by molar-refractivity contribution is 6.30. The minimum atomic E-state index is -2.65. The van der Waals surface area contributed by atoms with Gasteiger partial charge in [-0.05, 0) is 438 Å². The molecule has 15 saturated carbocycles. The van der Waals surface area contributed by atoms with Gasteiger partial charge in [0.1, 0.15) is 17.9 Å². The van der Waals surface area contributed by atoms with E-state index in [-0.39, 0.29) is 12.8 Å². The van der Waals surface area contributed by atoms with Gasteiger partial charge in [-0.3, -0.25) is 0 Å². The van der Waals surface area contributed by atoms with Crippen molar-refractivity contribution < 1.29 is 43.4 Å². The molecule has 0 bridgehead atoms. The number of hydrogen-bond donors (Lipinski definition) is 5. The predicted molar refractivity (Wildman–Crippen MR) is 571 cm³/mol. The van der Waals surface area contributed by atoms with Crippen LogP contribution >= 0.6 is 11.6 Å². The molecule has 25 rings (SSSR count). The summed E-state index contributed by atoms with van der Waals surface area (Å²) in [6.45, 7) is 41.0. The van der Waals surface area contributed by atoms with Crippen LogP contribution in [0.25, 0.3) is 0 Å². The third-order valence-electron chi connectivity index (χ3n) is 46.1. The lowest BCUT2D eigenvalue weighted by atomic mass is 9.51. The van der Waals surface area contributed by atoms with E-state index < -0.39 is 41.1 Å². The average molecular weight is 2030 g/mol. The summed E-state index contributed by atoms with van der Waals surface area (Å²) in [5.41, 5.74) is 10.4. The Bertz CT molecular complexity index is 5760. The number of alkyl halides is 3. The van der Waals surface area contributed by atoms with E-state index in [1.807, 2.05) is 44.4 Å². The Hall–Kier alpha value is -7.36. The van der Waals surface area contributed by atoms with Crippen LogP contribution in [0.3, 0.4) is 0 Å². The first-order valence-electron chi connectivity index (χ1n) is 57.8. The number of hydrogen-bond acceptors (Lipinski definition) is 14. The largest absolute Gasteiger partial charge is 0.390 e. The molecule has 0 amide bonds. The van der Waals surface area contributed by atoms with Crippen molar-refractivity contribution in [3.05, 3.63) is 194 Å². The first-order valence-corrected chi connectivity index (χ1v) is 58.2. The highest BCUT2D eigenvalue weighted by Crippen LogP contribution is 2.72. The van der Waals surface area contributed by atoms with E-state index >= 15 is 0 Å². The van der Waals surface area contributed by atoms with E-state index in [1.165, 1.54) is 199 Å². The number of methoxy groups -OCH3 is 1. The monoisotopic (exact) mass is 2030 g/mol. The minimum Gasteiger partial charge on any atom is -0.390 e. The number of ether oxygens (including phenoxy) is 1. The van der Waals surface area contributed by atoms with Gasteiger partial charge in [0.25, 0.3) is 6.43 Å². The van der Waals surface area contributed by atoms with Crippen molar-refractivity contribution in [1.29, 1.82) is 0 Å². The number of aliphatic hydroxyl groups is 5. The molecule has 0 aromatic carbocycles. The van der Waals surface area contributed by atoms with Crippen molar-refractivity contribution in [1.82, 2.24) is 64.1 Å². The second kappa shape index (κ2) is 41.8. The van der Waals surface area contributed by atoms with Gasteiger partial charge < -0.3 is 39.4 Å². The maximum atomic E-state index is 13.4. The fourth-order valence-electron chi connectivity index (χ4n) is 39.3. The molecule has 15 fully saturated rings. The number of fused-ring (bicyclic) bond motifs is 25. The Kier molecular flexibility index (Phi) is 30.0. The number of imidazole rings is 2. The third kappa shape index (κ3) is 20.0. The molecule has 19 nitrogen and oxygen atoms in total. The lowest BCUT2D eigenvalue weighted by Crippen LogP contribution is -2.49. The number of halogens is 4. The van der Waals surface area contributed by atoms with E-state index in [4.69, 9.17) is 16.3 Å². The maximum Gasteiger partial charge on any atom is 0.267 e. The Morgan fingerprint density at radius 2 is 0.667 bits per heavy atom. The smallest absolute Gasteiger partial charge is 0.267 e. The summed E-state index contributed by atoms with van der Waals surface area (Å²) >= 11 is 5.62. The summed E-state index contributed by atoms with van der Waals surface area (Å²) < 4.78 is 49.7. The number of rotatable bonds is 19. The van der Waals surface area contributed by atoms with Crippen LogP contribution < -0.4 is 0 Å². The fraction of sp³-hybridized carbons (Fsp3) is 0.726. The predicted octanol–water partition coefficient (Wildman–Crippen LogP) is 25.1. The molecule has 147 heavy (non-hydrogen) atoms. The summed E-state index contributed by atoms with van der Waals surface area (Å²) in [7, 11) is 1.70. The van der Waals surface area contributed by atoms with E-state index in [2.05, 4.69) is 159 Å². The lowest BCUT2D eigenvalue weighted by Gasteiger charge is -2.54. The Balaban J connectivity index is 0.000000108. The van der Waals surface area contributed by atoms with Crippen molar-refractivity contribution >= 4 is 11.6 Å². The Morgan fingerprint density at radius 1 is 0.367 bits per heavy atom. The normalized spacial score (nSPS) is 43.3. The van der Waals surface area contributed by atoms with Crippen LogP contribution in [-0.4, -0.2) is 144 Å². The summed E-state index contributed by atoms with van der Waals surface area (Å²) in [6.07, 6.45) is 74.4. The summed E-state index contributed by atoms with van der Waals surface area (Å²) in [6, 6.07) is 0. The second-order valence-electron chi connectivity index (χ2n) is 53.3. The molecule has 798 valence electrons. The van der Waals surface area contributed by atoms with Gasteiger partial charge in [-0.15, -0.1) is 0 Å². The van der Waals surface area contributed by atoms with Gasteiger partial charge >= 0.3 is 0 Å². The van der Waals surface area contributed by atoms with Crippen molar-refractivity contribution in [2.75, 3.05) is 20.4 Å². The second-order valence-corrected chi connectivity index (χ2v) is 53.5. The molecule has 5 heterocycles. The zero-order chi connectivity index (χ0) is 103. The van der Waals surface area contributed by atoms with Crippen LogP contribution in [-0.2, 0) is 37.5 Å². The average Bonchev–Trinajstić information content (AvgIpc) is 1.61. The van der Waals surface area contributed by atoms with Crippen LogP contribution in [0.2, 0.25) is 0 Å². The van der Waals surface area contributed by atoms with Gasteiger partial charge in [-0.2, -0.15) is 45.0 Å². The molecule has 23 heteroatoms. The number of nitrogens with zero attached hydrogens (tertiary/aromatic N) is 13. The zero-order valence-electron chi connectivity index (χ0n) is 89.6. The van der Waals surface area contributed by atoms with Crippen molar-refractivity contribution in [2.45, 2.75) is 366 Å². The molecule has 5 aromatic heterocycles. The third-order valence-corrected chi connectivity index (χ3v) is 46.2. The van der Waals surface area contributed by atoms with Crippen molar-refractivity contribution in [3.8, 4) is 11.3 Å². The molecule has 0 radical (unpaired) electrons. The molecule has 5 N–H and O–H groups in total. The molecule has 0 unspecified atom stereocenters. The van der Waals surface area contributed by atoms with Crippen molar-refractivity contribution in [3.63, 3.8) is 0 Å². The van der Waals surface area contributed by atoms with E-state index in [0.717, 1.165) is 179 Å². The topological polar surface area (TPSA) is 238 Å². The molecule has 20 aliphatic rings. The lowest BCUT2D eigenvalue weighted by molar-refractivity contribution is -0.119. The molecular formula is C124H173ClF3N13O6. The van der Waals surface area contributed by atoms with Gasteiger partial charge in [0.15, 0.2) is 0 Å². The summed E-state index contributed by atoms with van der Waals surface area (Å²) in [5, 5.41) is 81.2.